The van der Waals surface area contributed by atoms with E-state index in [1.54, 1.807) is 0 Å². The van der Waals surface area contributed by atoms with Gasteiger partial charge in [0, 0.05) is 0 Å². The van der Waals surface area contributed by atoms with Crippen molar-refractivity contribution in [3.8, 4) is 0 Å². The molecule has 0 fully saturated rings. The van der Waals surface area contributed by atoms with Crippen LogP contribution < -0.4 is 17.0 Å². The van der Waals surface area contributed by atoms with E-state index in [1.807, 2.05) is 4.58 Å². The van der Waals surface area contributed by atoms with Crippen LogP contribution in [0.15, 0.2) is 9.59 Å². The molecule has 1 aromatic rings. The molecule has 0 spiro atoms. The summed E-state index contributed by atoms with van der Waals surface area (Å²) in [5.41, 5.74) is 5.05. The number of halogens is 1. The summed E-state index contributed by atoms with van der Waals surface area (Å²) in [6.07, 6.45) is 1.82. The van der Waals surface area contributed by atoms with E-state index in [0.29, 0.717) is 12.2 Å². The second kappa shape index (κ2) is 4.13. The molecule has 1 aliphatic rings. The largest absolute Gasteiger partial charge is 0.326 e. The summed E-state index contributed by atoms with van der Waals surface area (Å²) in [5.74, 6) is 0.761. The van der Waals surface area contributed by atoms with E-state index in [0.717, 1.165) is 25.2 Å². The average Bonchev–Trinajstić information content (AvgIpc) is 2.60. The second-order valence-corrected chi connectivity index (χ2v) is 4.10. The highest BCUT2D eigenvalue weighted by molar-refractivity contribution is 6.30. The van der Waals surface area contributed by atoms with Crippen molar-refractivity contribution in [1.29, 1.82) is 0 Å². The van der Waals surface area contributed by atoms with Crippen molar-refractivity contribution in [2.75, 3.05) is 6.54 Å². The van der Waals surface area contributed by atoms with E-state index in [-0.39, 0.29) is 5.02 Å². The third-order valence-electron chi connectivity index (χ3n) is 2.57. The Morgan fingerprint density at radius 1 is 1.38 bits per heavy atom. The van der Waals surface area contributed by atoms with Gasteiger partial charge in [-0.05, 0) is 6.42 Å². The Labute approximate surface area is 95.8 Å². The predicted molar refractivity (Wildman–Crippen MR) is 60.0 cm³/mol. The summed E-state index contributed by atoms with van der Waals surface area (Å²) >= 11 is 5.80. The molecule has 0 radical (unpaired) electrons. The third-order valence-corrected chi connectivity index (χ3v) is 2.97. The Balaban J connectivity index is 2.39. The first kappa shape index (κ1) is 10.9. The lowest BCUT2D eigenvalue weighted by atomic mass is 10.3. The van der Waals surface area contributed by atoms with Crippen LogP contribution in [0.3, 0.4) is 0 Å². The van der Waals surface area contributed by atoms with Gasteiger partial charge in [-0.15, -0.1) is 0 Å². The monoisotopic (exact) mass is 243 g/mol. The van der Waals surface area contributed by atoms with E-state index in [4.69, 9.17) is 17.3 Å². The quantitative estimate of drug-likeness (QED) is 0.604. The Morgan fingerprint density at radius 2 is 2.12 bits per heavy atom. The molecule has 0 amide bonds. The maximum Gasteiger partial charge on any atom is 0.326 e. The Morgan fingerprint density at radius 3 is 2.75 bits per heavy atom. The first-order valence-corrected chi connectivity index (χ1v) is 5.33. The summed E-state index contributed by atoms with van der Waals surface area (Å²) < 4.78 is 1.90. The zero-order chi connectivity index (χ0) is 11.7. The lowest BCUT2D eigenvalue weighted by molar-refractivity contribution is -0.537. The summed E-state index contributed by atoms with van der Waals surface area (Å²) in [4.78, 5) is 26.9. The lowest BCUT2D eigenvalue weighted by Crippen LogP contribution is -2.28. The number of H-pyrrole nitrogens is 2. The molecule has 0 aromatic carbocycles. The highest BCUT2D eigenvalue weighted by atomic mass is 35.5. The molecule has 0 aliphatic carbocycles. The van der Waals surface area contributed by atoms with Crippen molar-refractivity contribution in [3.05, 3.63) is 31.6 Å². The highest BCUT2D eigenvalue weighted by Crippen LogP contribution is 2.09. The first-order chi connectivity index (χ1) is 7.58. The number of hydrogen-bond acceptors (Lipinski definition) is 3. The van der Waals surface area contributed by atoms with Crippen LogP contribution in [0.5, 0.6) is 0 Å². The normalized spacial score (nSPS) is 15.8. The van der Waals surface area contributed by atoms with Gasteiger partial charge in [-0.25, -0.2) is 4.79 Å². The fourth-order valence-corrected chi connectivity index (χ4v) is 1.91. The van der Waals surface area contributed by atoms with Gasteiger partial charge in [-0.1, -0.05) is 11.6 Å². The van der Waals surface area contributed by atoms with Crippen LogP contribution in [0.4, 0.5) is 0 Å². The van der Waals surface area contributed by atoms with E-state index in [1.165, 1.54) is 0 Å². The Bertz CT molecular complexity index is 557. The van der Waals surface area contributed by atoms with Crippen molar-refractivity contribution in [3.63, 3.8) is 0 Å². The predicted octanol–water partition coefficient (Wildman–Crippen LogP) is -0.620. The van der Waals surface area contributed by atoms with Crippen LogP contribution in [-0.2, 0) is 6.54 Å². The molecule has 86 valence electrons. The molecule has 0 unspecified atom stereocenters. The molecule has 7 heteroatoms. The number of nitrogens with zero attached hydrogens (tertiary/aromatic N) is 1. The maximum atomic E-state index is 11.3. The number of aromatic amines is 2. The number of aromatic nitrogens is 2. The van der Waals surface area contributed by atoms with Crippen LogP contribution in [0.1, 0.15) is 18.5 Å². The van der Waals surface area contributed by atoms with E-state index in [9.17, 15) is 9.59 Å². The Hall–Kier alpha value is -1.56. The second-order valence-electron chi connectivity index (χ2n) is 3.72. The molecule has 2 rings (SSSR count). The minimum Gasteiger partial charge on any atom is -0.306 e. The van der Waals surface area contributed by atoms with Crippen molar-refractivity contribution >= 4 is 17.4 Å². The van der Waals surface area contributed by atoms with E-state index in [2.05, 4.69) is 9.97 Å². The van der Waals surface area contributed by atoms with Gasteiger partial charge >= 0.3 is 5.69 Å². The molecule has 0 saturated heterocycles. The molecule has 1 aromatic heterocycles. The summed E-state index contributed by atoms with van der Waals surface area (Å²) in [7, 11) is 0. The number of nitrogens with two attached hydrogens (primary N) is 1. The van der Waals surface area contributed by atoms with Crippen LogP contribution in [0.25, 0.3) is 0 Å². The van der Waals surface area contributed by atoms with Gasteiger partial charge in [0.05, 0.1) is 18.7 Å². The number of amidine groups is 1. The van der Waals surface area contributed by atoms with Crippen molar-refractivity contribution in [2.24, 2.45) is 5.73 Å². The van der Waals surface area contributed by atoms with Gasteiger partial charge in [0.2, 0.25) is 5.84 Å². The summed E-state index contributed by atoms with van der Waals surface area (Å²) in [6.45, 7) is 1.18. The molecule has 4 N–H and O–H groups in total. The summed E-state index contributed by atoms with van der Waals surface area (Å²) in [5, 5.41) is 0.0132. The van der Waals surface area contributed by atoms with Gasteiger partial charge in [0.1, 0.15) is 11.6 Å². The summed E-state index contributed by atoms with van der Waals surface area (Å²) in [6, 6.07) is 0. The van der Waals surface area contributed by atoms with Gasteiger partial charge in [-0.2, -0.15) is 0 Å². The molecule has 0 bridgehead atoms. The van der Waals surface area contributed by atoms with Gasteiger partial charge in [-0.3, -0.25) is 20.1 Å². The fourth-order valence-electron chi connectivity index (χ4n) is 1.75. The Kier molecular flexibility index (Phi) is 2.82. The minimum absolute atomic E-state index is 0.0132. The highest BCUT2D eigenvalue weighted by Gasteiger charge is 2.19. The van der Waals surface area contributed by atoms with Crippen LogP contribution in [-0.4, -0.2) is 26.9 Å². The van der Waals surface area contributed by atoms with Crippen molar-refractivity contribution in [2.45, 2.75) is 19.4 Å². The van der Waals surface area contributed by atoms with Crippen molar-refractivity contribution < 1.29 is 4.58 Å². The smallest absolute Gasteiger partial charge is 0.306 e. The SMILES string of the molecule is NC1=[N+](Cc2[nH]c(=O)[nH]c(=O)c2Cl)CCC1. The fraction of sp³-hybridized carbons (Fsp3) is 0.444. The standard InChI is InChI=1S/C9H11ClN4O2/c10-7-5(12-9(16)13-8(7)15)4-14-3-1-2-6(14)11/h11H,1-4H2,(H2,12,13,15,16)/p+1. The molecule has 16 heavy (non-hydrogen) atoms. The molecule has 2 heterocycles. The van der Waals surface area contributed by atoms with Gasteiger partial charge in [0.25, 0.3) is 5.56 Å². The molecular weight excluding hydrogens is 232 g/mol. The molecule has 1 aliphatic heterocycles. The lowest BCUT2D eigenvalue weighted by Gasteiger charge is -2.04. The van der Waals surface area contributed by atoms with Crippen molar-refractivity contribution in [1.82, 2.24) is 9.97 Å². The van der Waals surface area contributed by atoms with Crippen LogP contribution in [0.2, 0.25) is 5.02 Å². The van der Waals surface area contributed by atoms with E-state index < -0.39 is 11.2 Å². The average molecular weight is 244 g/mol. The zero-order valence-corrected chi connectivity index (χ0v) is 9.30. The van der Waals surface area contributed by atoms with Crippen LogP contribution >= 0.6 is 11.6 Å². The molecule has 0 atom stereocenters. The van der Waals surface area contributed by atoms with Crippen LogP contribution in [0, 0.1) is 0 Å². The maximum absolute atomic E-state index is 11.3. The topological polar surface area (TPSA) is 94.8 Å². The molecular formula is C9H12ClN4O2+. The minimum atomic E-state index is -0.571. The zero-order valence-electron chi connectivity index (χ0n) is 8.55. The molecule has 0 saturated carbocycles. The van der Waals surface area contributed by atoms with E-state index >= 15 is 0 Å². The van der Waals surface area contributed by atoms with Gasteiger partial charge in [0.15, 0.2) is 0 Å². The van der Waals surface area contributed by atoms with Gasteiger partial charge < -0.3 is 4.98 Å². The molecule has 6 nitrogen and oxygen atoms in total. The first-order valence-electron chi connectivity index (χ1n) is 4.95. The number of rotatable bonds is 2. The third kappa shape index (κ3) is 2.01. The number of nitrogens with one attached hydrogen (secondary N) is 2. The number of hydrogen-bond donors (Lipinski definition) is 3.